The molecule has 1 saturated carbocycles. The molecule has 0 spiro atoms. The molecule has 1 aliphatic carbocycles. The smallest absolute Gasteiger partial charge is 0.191 e. The maximum absolute atomic E-state index is 6.07. The molecule has 0 aliphatic heterocycles. The van der Waals surface area contributed by atoms with Gasteiger partial charge in [-0.15, -0.1) is 10.2 Å². The van der Waals surface area contributed by atoms with Crippen LogP contribution < -0.4 is 10.6 Å². The molecular weight excluding hydrogens is 356 g/mol. The lowest BCUT2D eigenvalue weighted by molar-refractivity contribution is -0.113. The summed E-state index contributed by atoms with van der Waals surface area (Å²) in [4.78, 5) is 4.74. The van der Waals surface area contributed by atoms with E-state index < -0.39 is 0 Å². The van der Waals surface area contributed by atoms with Crippen LogP contribution in [0.15, 0.2) is 4.99 Å². The average Bonchev–Trinajstić information content (AvgIpc) is 2.99. The molecule has 0 saturated heterocycles. The van der Waals surface area contributed by atoms with Crippen molar-refractivity contribution in [1.29, 1.82) is 0 Å². The Labute approximate surface area is 169 Å². The summed E-state index contributed by atoms with van der Waals surface area (Å²) in [6, 6.07) is 0.328. The highest BCUT2D eigenvalue weighted by molar-refractivity contribution is 5.80. The minimum atomic E-state index is 0.0735. The van der Waals surface area contributed by atoms with Crippen molar-refractivity contribution in [3.05, 3.63) is 11.6 Å². The molecule has 1 aromatic rings. The SMILES string of the molecule is CCCCOC1CC(NC(=NCc2nnc(C)n2C)NCCCOC)C1(C)C. The van der Waals surface area contributed by atoms with Gasteiger partial charge in [0, 0.05) is 45.4 Å². The minimum absolute atomic E-state index is 0.0735. The predicted octanol–water partition coefficient (Wildman–Crippen LogP) is 2.18. The van der Waals surface area contributed by atoms with E-state index in [1.807, 2.05) is 18.5 Å². The molecule has 0 aromatic carbocycles. The van der Waals surface area contributed by atoms with E-state index >= 15 is 0 Å². The summed E-state index contributed by atoms with van der Waals surface area (Å²) in [5.41, 5.74) is 0.0735. The Bertz CT molecular complexity index is 628. The van der Waals surface area contributed by atoms with Crippen LogP contribution in [0.1, 0.15) is 58.1 Å². The van der Waals surface area contributed by atoms with Gasteiger partial charge >= 0.3 is 0 Å². The summed E-state index contributed by atoms with van der Waals surface area (Å²) >= 11 is 0. The third-order valence-corrected chi connectivity index (χ3v) is 5.68. The van der Waals surface area contributed by atoms with E-state index in [9.17, 15) is 0 Å². The van der Waals surface area contributed by atoms with E-state index in [1.165, 1.54) is 6.42 Å². The first-order chi connectivity index (χ1) is 13.4. The summed E-state index contributed by atoms with van der Waals surface area (Å²) in [6.07, 6.45) is 4.51. The Hall–Kier alpha value is -1.67. The summed E-state index contributed by atoms with van der Waals surface area (Å²) < 4.78 is 13.2. The lowest BCUT2D eigenvalue weighted by Gasteiger charge is -2.52. The predicted molar refractivity (Wildman–Crippen MR) is 111 cm³/mol. The normalized spacial score (nSPS) is 21.4. The molecule has 2 unspecified atom stereocenters. The second-order valence-electron chi connectivity index (χ2n) is 8.13. The fraction of sp³-hybridized carbons (Fsp3) is 0.850. The highest BCUT2D eigenvalue weighted by Gasteiger charge is 2.49. The molecule has 2 atom stereocenters. The molecule has 1 aliphatic rings. The fourth-order valence-corrected chi connectivity index (χ4v) is 3.26. The number of unbranched alkanes of at least 4 members (excludes halogenated alkanes) is 1. The van der Waals surface area contributed by atoms with Gasteiger partial charge < -0.3 is 24.7 Å². The second kappa shape index (κ2) is 10.8. The molecule has 2 rings (SSSR count). The molecule has 160 valence electrons. The number of nitrogens with one attached hydrogen (secondary N) is 2. The molecule has 8 nitrogen and oxygen atoms in total. The molecule has 1 fully saturated rings. The van der Waals surface area contributed by atoms with E-state index in [1.54, 1.807) is 7.11 Å². The first-order valence-electron chi connectivity index (χ1n) is 10.4. The molecule has 28 heavy (non-hydrogen) atoms. The third kappa shape index (κ3) is 5.91. The highest BCUT2D eigenvalue weighted by Crippen LogP contribution is 2.42. The number of methoxy groups -OCH3 is 1. The lowest BCUT2D eigenvalue weighted by atomic mass is 9.64. The Morgan fingerprint density at radius 1 is 1.29 bits per heavy atom. The van der Waals surface area contributed by atoms with Gasteiger partial charge in [0.25, 0.3) is 0 Å². The van der Waals surface area contributed by atoms with Crippen molar-refractivity contribution < 1.29 is 9.47 Å². The molecule has 0 amide bonds. The number of aryl methyl sites for hydroxylation is 1. The Kier molecular flexibility index (Phi) is 8.69. The Morgan fingerprint density at radius 3 is 2.68 bits per heavy atom. The number of aliphatic imine (C=N–C) groups is 1. The first-order valence-corrected chi connectivity index (χ1v) is 10.4. The van der Waals surface area contributed by atoms with Crippen molar-refractivity contribution in [2.24, 2.45) is 17.5 Å². The maximum atomic E-state index is 6.07. The molecule has 0 radical (unpaired) electrons. The van der Waals surface area contributed by atoms with E-state index in [2.05, 4.69) is 41.6 Å². The van der Waals surface area contributed by atoms with E-state index in [-0.39, 0.29) is 5.41 Å². The van der Waals surface area contributed by atoms with Crippen LogP contribution >= 0.6 is 0 Å². The van der Waals surface area contributed by atoms with Crippen molar-refractivity contribution in [3.8, 4) is 0 Å². The van der Waals surface area contributed by atoms with Crippen LogP contribution in [0.3, 0.4) is 0 Å². The van der Waals surface area contributed by atoms with Gasteiger partial charge in [-0.05, 0) is 26.2 Å². The average molecular weight is 395 g/mol. The van der Waals surface area contributed by atoms with Crippen molar-refractivity contribution in [2.45, 2.75) is 72.1 Å². The number of rotatable bonds is 11. The first kappa shape index (κ1) is 22.6. The summed E-state index contributed by atoms with van der Waals surface area (Å²) in [5.74, 6) is 2.55. The van der Waals surface area contributed by atoms with Crippen molar-refractivity contribution >= 4 is 5.96 Å². The molecule has 0 bridgehead atoms. The fourth-order valence-electron chi connectivity index (χ4n) is 3.26. The Morgan fingerprint density at radius 2 is 2.07 bits per heavy atom. The quantitative estimate of drug-likeness (QED) is 0.340. The zero-order valence-corrected chi connectivity index (χ0v) is 18.4. The maximum Gasteiger partial charge on any atom is 0.191 e. The van der Waals surface area contributed by atoms with Crippen LogP contribution in [-0.4, -0.2) is 59.7 Å². The van der Waals surface area contributed by atoms with E-state index in [0.29, 0.717) is 18.7 Å². The molecule has 2 N–H and O–H groups in total. The van der Waals surface area contributed by atoms with Gasteiger partial charge in [0.05, 0.1) is 6.10 Å². The summed E-state index contributed by atoms with van der Waals surface area (Å²) in [7, 11) is 3.69. The number of hydrogen-bond acceptors (Lipinski definition) is 5. The molecule has 1 aromatic heterocycles. The summed E-state index contributed by atoms with van der Waals surface area (Å²) in [6.45, 7) is 11.5. The number of hydrogen-bond donors (Lipinski definition) is 2. The van der Waals surface area contributed by atoms with Crippen LogP contribution in [0.4, 0.5) is 0 Å². The van der Waals surface area contributed by atoms with Gasteiger partial charge in [0.1, 0.15) is 12.4 Å². The van der Waals surface area contributed by atoms with Gasteiger partial charge in [0.15, 0.2) is 11.8 Å². The van der Waals surface area contributed by atoms with Crippen LogP contribution in [0.5, 0.6) is 0 Å². The van der Waals surface area contributed by atoms with Gasteiger partial charge in [-0.1, -0.05) is 27.2 Å². The topological polar surface area (TPSA) is 85.6 Å². The monoisotopic (exact) mass is 394 g/mol. The van der Waals surface area contributed by atoms with Gasteiger partial charge in [-0.2, -0.15) is 0 Å². The lowest BCUT2D eigenvalue weighted by Crippen LogP contribution is -2.63. The van der Waals surface area contributed by atoms with Crippen molar-refractivity contribution in [1.82, 2.24) is 25.4 Å². The van der Waals surface area contributed by atoms with Gasteiger partial charge in [0.2, 0.25) is 0 Å². The van der Waals surface area contributed by atoms with Gasteiger partial charge in [-0.25, -0.2) is 4.99 Å². The standard InChI is InChI=1S/C20H38N6O2/c1-7-8-12-28-17-13-16(20(17,3)4)23-19(21-10-9-11-27-6)22-14-18-25-24-15(2)26(18)5/h16-17H,7-14H2,1-6H3,(H2,21,22,23). The van der Waals surface area contributed by atoms with Gasteiger partial charge in [-0.3, -0.25) is 0 Å². The van der Waals surface area contributed by atoms with E-state index in [4.69, 9.17) is 14.5 Å². The second-order valence-corrected chi connectivity index (χ2v) is 8.13. The van der Waals surface area contributed by atoms with Crippen molar-refractivity contribution in [3.63, 3.8) is 0 Å². The molecular formula is C20H38N6O2. The zero-order valence-electron chi connectivity index (χ0n) is 18.4. The van der Waals surface area contributed by atoms with Crippen LogP contribution in [0, 0.1) is 12.3 Å². The van der Waals surface area contributed by atoms with E-state index in [0.717, 1.165) is 56.6 Å². The minimum Gasteiger partial charge on any atom is -0.385 e. The number of guanidine groups is 1. The van der Waals surface area contributed by atoms with Crippen LogP contribution in [-0.2, 0) is 23.1 Å². The number of ether oxygens (including phenoxy) is 2. The third-order valence-electron chi connectivity index (χ3n) is 5.68. The number of nitrogens with zero attached hydrogens (tertiary/aromatic N) is 4. The van der Waals surface area contributed by atoms with Crippen LogP contribution in [0.2, 0.25) is 0 Å². The highest BCUT2D eigenvalue weighted by atomic mass is 16.5. The summed E-state index contributed by atoms with van der Waals surface area (Å²) in [5, 5.41) is 15.3. The number of aromatic nitrogens is 3. The molecule has 8 heteroatoms. The molecule has 1 heterocycles. The van der Waals surface area contributed by atoms with Crippen LogP contribution in [0.25, 0.3) is 0 Å². The van der Waals surface area contributed by atoms with Crippen molar-refractivity contribution in [2.75, 3.05) is 26.9 Å². The largest absolute Gasteiger partial charge is 0.385 e. The Balaban J connectivity index is 1.95. The zero-order chi connectivity index (χ0) is 20.6.